The van der Waals surface area contributed by atoms with E-state index in [4.69, 9.17) is 11.6 Å². The minimum Gasteiger partial charge on any atom is -0.337 e. The van der Waals surface area contributed by atoms with E-state index >= 15 is 0 Å². The van der Waals surface area contributed by atoms with E-state index in [9.17, 15) is 9.18 Å². The van der Waals surface area contributed by atoms with Crippen molar-refractivity contribution in [2.24, 2.45) is 5.92 Å². The summed E-state index contributed by atoms with van der Waals surface area (Å²) in [5.74, 6) is -0.0110. The zero-order chi connectivity index (χ0) is 20.4. The summed E-state index contributed by atoms with van der Waals surface area (Å²) in [5, 5.41) is 8.29. The number of hydrogen-bond acceptors (Lipinski definition) is 3. The van der Waals surface area contributed by atoms with Crippen LogP contribution in [0.2, 0.25) is 0 Å². The van der Waals surface area contributed by atoms with Gasteiger partial charge in [-0.25, -0.2) is 0 Å². The quantitative estimate of drug-likeness (QED) is 0.758. The van der Waals surface area contributed by atoms with Gasteiger partial charge in [0.25, 0.3) is 0 Å². The molecule has 1 amide bonds. The molecular formula is C22H26ClFN4O. The summed E-state index contributed by atoms with van der Waals surface area (Å²) in [6.07, 6.45) is 8.62. The summed E-state index contributed by atoms with van der Waals surface area (Å²) >= 11 is 6.39. The number of H-pyrrole nitrogens is 1. The van der Waals surface area contributed by atoms with Gasteiger partial charge in [-0.05, 0) is 68.5 Å². The first kappa shape index (κ1) is 20.1. The number of nitrogens with one attached hydrogen (secondary N) is 1. The molecule has 4 rings (SSSR count). The van der Waals surface area contributed by atoms with Crippen LogP contribution < -0.4 is 0 Å². The number of rotatable bonds is 3. The lowest BCUT2D eigenvalue weighted by molar-refractivity contribution is -0.129. The fourth-order valence-corrected chi connectivity index (χ4v) is 4.75. The topological polar surface area (TPSA) is 52.2 Å². The number of carbonyl (C=O) groups excluding carboxylic acids is 1. The molecule has 0 radical (unpaired) electrons. The van der Waals surface area contributed by atoms with E-state index in [1.54, 1.807) is 13.0 Å². The molecule has 1 aromatic rings. The van der Waals surface area contributed by atoms with Gasteiger partial charge >= 0.3 is 0 Å². The van der Waals surface area contributed by atoms with E-state index in [-0.39, 0.29) is 17.7 Å². The molecule has 1 fully saturated rings. The van der Waals surface area contributed by atoms with Crippen LogP contribution in [0.15, 0.2) is 40.4 Å². The predicted molar refractivity (Wildman–Crippen MR) is 111 cm³/mol. The van der Waals surface area contributed by atoms with Gasteiger partial charge in [-0.15, -0.1) is 0 Å². The van der Waals surface area contributed by atoms with Crippen molar-refractivity contribution in [2.45, 2.75) is 45.7 Å². The lowest BCUT2D eigenvalue weighted by atomic mass is 9.91. The van der Waals surface area contributed by atoms with Crippen LogP contribution in [-0.2, 0) is 24.3 Å². The van der Waals surface area contributed by atoms with Crippen molar-refractivity contribution in [3.05, 3.63) is 57.3 Å². The number of likely N-dealkylation sites (tertiary alicyclic amines) is 1. The molecule has 0 bridgehead atoms. The number of aromatic nitrogens is 2. The Morgan fingerprint density at radius 2 is 2.24 bits per heavy atom. The highest BCUT2D eigenvalue weighted by molar-refractivity contribution is 6.32. The second-order valence-corrected chi connectivity index (χ2v) is 8.40. The summed E-state index contributed by atoms with van der Waals surface area (Å²) < 4.78 is 13.8. The minimum absolute atomic E-state index is 0.104. The number of allylic oxidation sites excluding steroid dienone is 5. The normalized spacial score (nSPS) is 22.9. The van der Waals surface area contributed by atoms with Crippen LogP contribution in [0, 0.1) is 5.92 Å². The molecule has 1 atom stereocenters. The van der Waals surface area contributed by atoms with Crippen LogP contribution in [0.5, 0.6) is 0 Å². The van der Waals surface area contributed by atoms with Crippen LogP contribution in [0.4, 0.5) is 4.39 Å². The van der Waals surface area contributed by atoms with Gasteiger partial charge in [-0.2, -0.15) is 9.49 Å². The van der Waals surface area contributed by atoms with E-state index in [1.807, 2.05) is 4.90 Å². The number of carbonyl (C=O) groups is 1. The summed E-state index contributed by atoms with van der Waals surface area (Å²) in [6.45, 7) is 5.69. The highest BCUT2D eigenvalue weighted by Crippen LogP contribution is 2.34. The lowest BCUT2D eigenvalue weighted by Crippen LogP contribution is -2.34. The summed E-state index contributed by atoms with van der Waals surface area (Å²) in [5.41, 5.74) is 6.87. The average molecular weight is 417 g/mol. The Kier molecular flexibility index (Phi) is 6.04. The van der Waals surface area contributed by atoms with Gasteiger partial charge in [0, 0.05) is 30.6 Å². The highest BCUT2D eigenvalue weighted by Gasteiger charge is 2.26. The van der Waals surface area contributed by atoms with Crippen LogP contribution >= 0.6 is 11.6 Å². The van der Waals surface area contributed by atoms with Crippen molar-refractivity contribution in [3.63, 3.8) is 0 Å². The van der Waals surface area contributed by atoms with Crippen molar-refractivity contribution in [2.75, 3.05) is 19.6 Å². The third kappa shape index (κ3) is 4.55. The van der Waals surface area contributed by atoms with Crippen molar-refractivity contribution in [1.29, 1.82) is 0 Å². The SMILES string of the molecule is CC(=O)N1CCc2c(CN3CCCC(C4=CC(F)=C=CC=C4Cl)CC3)n[nH]c2C1. The third-order valence-corrected chi connectivity index (χ3v) is 6.45. The molecule has 1 N–H and O–H groups in total. The molecule has 1 unspecified atom stereocenters. The van der Waals surface area contributed by atoms with E-state index in [1.165, 1.54) is 17.7 Å². The predicted octanol–water partition coefficient (Wildman–Crippen LogP) is 3.99. The number of aromatic amines is 1. The Balaban J connectivity index is 1.41. The van der Waals surface area contributed by atoms with Gasteiger partial charge in [0.1, 0.15) is 0 Å². The summed E-state index contributed by atoms with van der Waals surface area (Å²) in [7, 11) is 0. The molecule has 5 nitrogen and oxygen atoms in total. The van der Waals surface area contributed by atoms with Crippen LogP contribution in [-0.4, -0.2) is 45.5 Å². The zero-order valence-electron chi connectivity index (χ0n) is 16.7. The largest absolute Gasteiger partial charge is 0.337 e. The van der Waals surface area contributed by atoms with Gasteiger partial charge in [0.2, 0.25) is 5.91 Å². The molecule has 3 heterocycles. The molecule has 2 aliphatic heterocycles. The van der Waals surface area contributed by atoms with Gasteiger partial charge in [-0.1, -0.05) is 17.3 Å². The Morgan fingerprint density at radius 3 is 3.07 bits per heavy atom. The Bertz CT molecular complexity index is 925. The maximum Gasteiger partial charge on any atom is 0.219 e. The molecule has 1 aliphatic carbocycles. The molecular weight excluding hydrogens is 391 g/mol. The minimum atomic E-state index is -0.365. The highest BCUT2D eigenvalue weighted by atomic mass is 35.5. The first-order valence-corrected chi connectivity index (χ1v) is 10.6. The standard InChI is InChI=1S/C22H26ClFN4O/c1-15(29)28-11-8-18-21(25-26-22(18)14-28)13-27-9-3-4-16(7-10-27)19-12-17(24)5-2-6-20(19)23/h2,6,12,16H,3-4,7-11,13-14H2,1H3,(H,25,26). The first-order valence-electron chi connectivity index (χ1n) is 10.2. The monoisotopic (exact) mass is 416 g/mol. The molecule has 0 aromatic carbocycles. The number of halogens is 2. The van der Waals surface area contributed by atoms with Gasteiger partial charge in [0.15, 0.2) is 5.83 Å². The fourth-order valence-electron chi connectivity index (χ4n) is 4.47. The van der Waals surface area contributed by atoms with E-state index in [0.717, 1.165) is 68.8 Å². The van der Waals surface area contributed by atoms with Crippen molar-refractivity contribution in [3.8, 4) is 0 Å². The van der Waals surface area contributed by atoms with Crippen LogP contribution in [0.25, 0.3) is 0 Å². The summed E-state index contributed by atoms with van der Waals surface area (Å²) in [4.78, 5) is 15.9. The van der Waals surface area contributed by atoms with Crippen molar-refractivity contribution >= 4 is 17.5 Å². The maximum absolute atomic E-state index is 13.8. The summed E-state index contributed by atoms with van der Waals surface area (Å²) in [6, 6.07) is 0. The second kappa shape index (κ2) is 8.70. The molecule has 1 saturated heterocycles. The molecule has 1 aromatic heterocycles. The molecule has 3 aliphatic rings. The lowest BCUT2D eigenvalue weighted by Gasteiger charge is -2.26. The fraction of sp³-hybridized carbons (Fsp3) is 0.500. The molecule has 0 spiro atoms. The second-order valence-electron chi connectivity index (χ2n) is 8.00. The molecule has 29 heavy (non-hydrogen) atoms. The van der Waals surface area contributed by atoms with Crippen LogP contribution in [0.3, 0.4) is 0 Å². The molecule has 154 valence electrons. The van der Waals surface area contributed by atoms with Crippen molar-refractivity contribution in [1.82, 2.24) is 20.0 Å². The van der Waals surface area contributed by atoms with E-state index in [0.29, 0.717) is 11.6 Å². The maximum atomic E-state index is 13.8. The third-order valence-electron chi connectivity index (χ3n) is 6.11. The van der Waals surface area contributed by atoms with Gasteiger partial charge < -0.3 is 4.90 Å². The molecule has 0 saturated carbocycles. The first-order chi connectivity index (χ1) is 14.0. The van der Waals surface area contributed by atoms with Crippen LogP contribution in [0.1, 0.15) is 43.1 Å². The average Bonchev–Trinajstić information content (AvgIpc) is 2.84. The number of fused-ring (bicyclic) bond motifs is 1. The number of amides is 1. The van der Waals surface area contributed by atoms with Gasteiger partial charge in [-0.3, -0.25) is 14.8 Å². The number of nitrogens with zero attached hydrogens (tertiary/aromatic N) is 3. The Hall–Kier alpha value is -2.14. The van der Waals surface area contributed by atoms with E-state index in [2.05, 4.69) is 20.8 Å². The smallest absolute Gasteiger partial charge is 0.219 e. The van der Waals surface area contributed by atoms with Gasteiger partial charge in [0.05, 0.1) is 17.9 Å². The Morgan fingerprint density at radius 1 is 1.38 bits per heavy atom. The number of hydrogen-bond donors (Lipinski definition) is 1. The van der Waals surface area contributed by atoms with Crippen molar-refractivity contribution < 1.29 is 9.18 Å². The molecule has 7 heteroatoms. The zero-order valence-corrected chi connectivity index (χ0v) is 17.4. The van der Waals surface area contributed by atoms with E-state index < -0.39 is 0 Å². The Labute approximate surface area is 175 Å².